The fraction of sp³-hybridized carbons (Fsp3) is 0.417. The minimum absolute atomic E-state index is 0.129. The van der Waals surface area contributed by atoms with Gasteiger partial charge in [-0.15, -0.1) is 0 Å². The first-order valence-electron chi connectivity index (χ1n) is 5.57. The summed E-state index contributed by atoms with van der Waals surface area (Å²) in [6.07, 6.45) is 0.279. The number of carbonyl (C=O) groups excluding carboxylic acids is 1. The molecular formula is C12H18N2O3. The molecule has 0 saturated carbocycles. The highest BCUT2D eigenvalue weighted by Gasteiger charge is 2.06. The topological polar surface area (TPSA) is 84.6 Å². The van der Waals surface area contributed by atoms with E-state index in [-0.39, 0.29) is 18.9 Å². The smallest absolute Gasteiger partial charge is 0.225 e. The average Bonchev–Trinajstić information content (AvgIpc) is 2.31. The molecule has 0 aliphatic heterocycles. The first kappa shape index (κ1) is 13.5. The number of carbonyl (C=O) groups is 1. The van der Waals surface area contributed by atoms with Crippen molar-refractivity contribution in [1.82, 2.24) is 0 Å². The third-order valence-corrected chi connectivity index (χ3v) is 2.19. The lowest BCUT2D eigenvalue weighted by atomic mass is 10.2. The Morgan fingerprint density at radius 3 is 2.88 bits per heavy atom. The van der Waals surface area contributed by atoms with Crippen LogP contribution in [0, 0.1) is 0 Å². The summed E-state index contributed by atoms with van der Waals surface area (Å²) >= 11 is 0. The normalized spacial score (nSPS) is 10.1. The maximum Gasteiger partial charge on any atom is 0.225 e. The predicted octanol–water partition coefficient (Wildman–Crippen LogP) is 0.865. The Bertz CT molecular complexity index is 380. The highest BCUT2D eigenvalue weighted by Crippen LogP contribution is 2.23. The highest BCUT2D eigenvalue weighted by molar-refractivity contribution is 5.91. The summed E-state index contributed by atoms with van der Waals surface area (Å²) in [5.74, 6) is 0.493. The van der Waals surface area contributed by atoms with Gasteiger partial charge in [-0.3, -0.25) is 4.79 Å². The minimum atomic E-state index is -0.138. The second-order valence-electron chi connectivity index (χ2n) is 3.50. The predicted molar refractivity (Wildman–Crippen MR) is 65.8 cm³/mol. The Kier molecular flexibility index (Phi) is 5.45. The first-order valence-corrected chi connectivity index (χ1v) is 5.57. The Labute approximate surface area is 101 Å². The van der Waals surface area contributed by atoms with Crippen molar-refractivity contribution in [2.45, 2.75) is 20.0 Å². The number of hydrogen-bond donors (Lipinski definition) is 3. The molecule has 17 heavy (non-hydrogen) atoms. The third kappa shape index (κ3) is 4.05. The quantitative estimate of drug-likeness (QED) is 0.686. The molecule has 94 valence electrons. The van der Waals surface area contributed by atoms with Crippen LogP contribution >= 0.6 is 0 Å². The molecule has 0 fully saturated rings. The van der Waals surface area contributed by atoms with Gasteiger partial charge < -0.3 is 20.9 Å². The molecule has 0 atom stereocenters. The fourth-order valence-corrected chi connectivity index (χ4v) is 1.43. The third-order valence-electron chi connectivity index (χ3n) is 2.19. The van der Waals surface area contributed by atoms with Gasteiger partial charge in [-0.1, -0.05) is 0 Å². The molecule has 1 amide bonds. The molecule has 0 aliphatic rings. The molecule has 0 aromatic heterocycles. The zero-order chi connectivity index (χ0) is 12.7. The molecule has 0 bridgehead atoms. The minimum Gasteiger partial charge on any atom is -0.494 e. The van der Waals surface area contributed by atoms with Crippen LogP contribution in [0.1, 0.15) is 18.9 Å². The van der Waals surface area contributed by atoms with Gasteiger partial charge in [0.05, 0.1) is 13.2 Å². The lowest BCUT2D eigenvalue weighted by Crippen LogP contribution is -2.16. The van der Waals surface area contributed by atoms with Crippen LogP contribution in [-0.2, 0) is 11.4 Å². The van der Waals surface area contributed by atoms with Gasteiger partial charge in [-0.05, 0) is 25.1 Å². The van der Waals surface area contributed by atoms with Crippen LogP contribution in [0.15, 0.2) is 18.2 Å². The molecule has 0 aliphatic carbocycles. The number of nitrogens with one attached hydrogen (secondary N) is 1. The number of ether oxygens (including phenoxy) is 1. The standard InChI is InChI=1S/C12H18N2O3/c1-2-17-11-4-3-10(7-9(11)8-15)14-12(16)5-6-13/h3-4,7,15H,2,5-6,8,13H2,1H3,(H,14,16). The van der Waals surface area contributed by atoms with Gasteiger partial charge in [-0.2, -0.15) is 0 Å². The van der Waals surface area contributed by atoms with E-state index in [2.05, 4.69) is 5.32 Å². The Morgan fingerprint density at radius 2 is 2.29 bits per heavy atom. The SMILES string of the molecule is CCOc1ccc(NC(=O)CCN)cc1CO. The molecule has 5 nitrogen and oxygen atoms in total. The van der Waals surface area contributed by atoms with Gasteiger partial charge in [0.1, 0.15) is 5.75 Å². The summed E-state index contributed by atoms with van der Waals surface area (Å²) in [5.41, 5.74) is 6.57. The Morgan fingerprint density at radius 1 is 1.53 bits per heavy atom. The van der Waals surface area contributed by atoms with E-state index < -0.39 is 0 Å². The maximum atomic E-state index is 11.3. The van der Waals surface area contributed by atoms with Crippen LogP contribution in [0.4, 0.5) is 5.69 Å². The van der Waals surface area contributed by atoms with Crippen molar-refractivity contribution < 1.29 is 14.6 Å². The van der Waals surface area contributed by atoms with Crippen LogP contribution in [0.5, 0.6) is 5.75 Å². The summed E-state index contributed by atoms with van der Waals surface area (Å²) in [6.45, 7) is 2.59. The van der Waals surface area contributed by atoms with E-state index in [1.54, 1.807) is 18.2 Å². The van der Waals surface area contributed by atoms with Crippen LogP contribution in [0.3, 0.4) is 0 Å². The summed E-state index contributed by atoms with van der Waals surface area (Å²) < 4.78 is 5.34. The summed E-state index contributed by atoms with van der Waals surface area (Å²) in [7, 11) is 0. The molecular weight excluding hydrogens is 220 g/mol. The van der Waals surface area contributed by atoms with Crippen molar-refractivity contribution >= 4 is 11.6 Å². The lowest BCUT2D eigenvalue weighted by Gasteiger charge is -2.11. The van der Waals surface area contributed by atoms with Crippen molar-refractivity contribution in [2.24, 2.45) is 5.73 Å². The van der Waals surface area contributed by atoms with E-state index in [9.17, 15) is 9.90 Å². The lowest BCUT2D eigenvalue weighted by molar-refractivity contribution is -0.116. The molecule has 5 heteroatoms. The second-order valence-corrected chi connectivity index (χ2v) is 3.50. The van der Waals surface area contributed by atoms with E-state index in [4.69, 9.17) is 10.5 Å². The second kappa shape index (κ2) is 6.88. The van der Waals surface area contributed by atoms with Gasteiger partial charge in [0.25, 0.3) is 0 Å². The maximum absolute atomic E-state index is 11.3. The molecule has 1 aromatic rings. The number of rotatable bonds is 6. The molecule has 0 heterocycles. The number of aliphatic hydroxyl groups excluding tert-OH is 1. The van der Waals surface area contributed by atoms with Crippen molar-refractivity contribution in [3.8, 4) is 5.75 Å². The number of benzene rings is 1. The van der Waals surface area contributed by atoms with Gasteiger partial charge in [0.15, 0.2) is 0 Å². The van der Waals surface area contributed by atoms with Gasteiger partial charge in [0, 0.05) is 24.2 Å². The van der Waals surface area contributed by atoms with E-state index in [1.165, 1.54) is 0 Å². The Hall–Kier alpha value is -1.59. The van der Waals surface area contributed by atoms with Crippen molar-refractivity contribution in [2.75, 3.05) is 18.5 Å². The molecule has 0 saturated heterocycles. The number of amides is 1. The van der Waals surface area contributed by atoms with Crippen LogP contribution < -0.4 is 15.8 Å². The van der Waals surface area contributed by atoms with E-state index in [0.717, 1.165) is 0 Å². The molecule has 0 unspecified atom stereocenters. The zero-order valence-corrected chi connectivity index (χ0v) is 9.90. The first-order chi connectivity index (χ1) is 8.21. The Balaban J connectivity index is 2.78. The monoisotopic (exact) mass is 238 g/mol. The summed E-state index contributed by atoms with van der Waals surface area (Å²) in [6, 6.07) is 5.16. The van der Waals surface area contributed by atoms with Gasteiger partial charge in [0.2, 0.25) is 5.91 Å². The van der Waals surface area contributed by atoms with E-state index >= 15 is 0 Å². The number of nitrogens with two attached hydrogens (primary N) is 1. The number of anilines is 1. The highest BCUT2D eigenvalue weighted by atomic mass is 16.5. The summed E-state index contributed by atoms with van der Waals surface area (Å²) in [4.78, 5) is 11.3. The number of aliphatic hydroxyl groups is 1. The van der Waals surface area contributed by atoms with Gasteiger partial charge in [-0.25, -0.2) is 0 Å². The molecule has 1 aromatic carbocycles. The van der Waals surface area contributed by atoms with Crippen molar-refractivity contribution in [1.29, 1.82) is 0 Å². The van der Waals surface area contributed by atoms with Crippen LogP contribution in [-0.4, -0.2) is 24.2 Å². The summed E-state index contributed by atoms with van der Waals surface area (Å²) in [5, 5.41) is 11.9. The molecule has 0 spiro atoms. The van der Waals surface area contributed by atoms with Crippen molar-refractivity contribution in [3.63, 3.8) is 0 Å². The number of hydrogen-bond acceptors (Lipinski definition) is 4. The van der Waals surface area contributed by atoms with E-state index in [0.29, 0.717) is 30.2 Å². The average molecular weight is 238 g/mol. The molecule has 4 N–H and O–H groups in total. The van der Waals surface area contributed by atoms with Gasteiger partial charge >= 0.3 is 0 Å². The zero-order valence-electron chi connectivity index (χ0n) is 9.90. The van der Waals surface area contributed by atoms with Crippen LogP contribution in [0.2, 0.25) is 0 Å². The molecule has 0 radical (unpaired) electrons. The van der Waals surface area contributed by atoms with Crippen molar-refractivity contribution in [3.05, 3.63) is 23.8 Å². The fourth-order valence-electron chi connectivity index (χ4n) is 1.43. The van der Waals surface area contributed by atoms with E-state index in [1.807, 2.05) is 6.92 Å². The van der Waals surface area contributed by atoms with Crippen LogP contribution in [0.25, 0.3) is 0 Å². The molecule has 1 rings (SSSR count). The largest absolute Gasteiger partial charge is 0.494 e.